The molecule has 1 aromatic rings. The summed E-state index contributed by atoms with van der Waals surface area (Å²) in [6, 6.07) is 8.33. The molecule has 4 heteroatoms. The molecule has 1 saturated heterocycles. The van der Waals surface area contributed by atoms with Gasteiger partial charge in [-0.15, -0.1) is 0 Å². The second-order valence-corrected chi connectivity index (χ2v) is 4.27. The summed E-state index contributed by atoms with van der Waals surface area (Å²) in [5.41, 5.74) is 2.54. The van der Waals surface area contributed by atoms with E-state index < -0.39 is 11.3 Å². The van der Waals surface area contributed by atoms with Gasteiger partial charge in [0.2, 0.25) is 11.3 Å². The highest BCUT2D eigenvalue weighted by Crippen LogP contribution is 2.37. The van der Waals surface area contributed by atoms with Gasteiger partial charge in [0, 0.05) is 6.42 Å². The molecule has 0 aromatic heterocycles. The summed E-state index contributed by atoms with van der Waals surface area (Å²) in [7, 11) is 0. The molecule has 3 nitrogen and oxygen atoms in total. The summed E-state index contributed by atoms with van der Waals surface area (Å²) in [4.78, 5) is 0. The Labute approximate surface area is 78.9 Å². The fourth-order valence-electron chi connectivity index (χ4n) is 2.03. The third-order valence-corrected chi connectivity index (χ3v) is 3.49. The summed E-state index contributed by atoms with van der Waals surface area (Å²) < 4.78 is 19.2. The van der Waals surface area contributed by atoms with Gasteiger partial charge in [-0.05, 0) is 11.1 Å². The van der Waals surface area contributed by atoms with E-state index in [0.29, 0.717) is 0 Å². The molecule has 1 aromatic carbocycles. The predicted molar refractivity (Wildman–Crippen MR) is 49.0 cm³/mol. The van der Waals surface area contributed by atoms with Gasteiger partial charge in [0.25, 0.3) is 0 Å². The first-order valence-corrected chi connectivity index (χ1v) is 5.35. The number of fused-ring (bicyclic) bond motifs is 3. The molecular formula is C9H9NO2S. The highest BCUT2D eigenvalue weighted by atomic mass is 32.2. The van der Waals surface area contributed by atoms with E-state index >= 15 is 0 Å². The summed E-state index contributed by atoms with van der Waals surface area (Å²) in [5, 5.41) is 0. The number of hydrogen-bond donors (Lipinski definition) is 1. The van der Waals surface area contributed by atoms with Crippen LogP contribution in [0, 0.1) is 0 Å². The van der Waals surface area contributed by atoms with Crippen molar-refractivity contribution >= 4 is 11.3 Å². The van der Waals surface area contributed by atoms with Gasteiger partial charge in [-0.25, -0.2) is 8.93 Å². The monoisotopic (exact) mass is 195 g/mol. The lowest BCUT2D eigenvalue weighted by molar-refractivity contribution is 0.240. The Balaban J connectivity index is 2.06. The van der Waals surface area contributed by atoms with Crippen LogP contribution in [0.3, 0.4) is 0 Å². The number of rotatable bonds is 0. The van der Waals surface area contributed by atoms with Crippen molar-refractivity contribution in [1.82, 2.24) is 4.72 Å². The Kier molecular flexibility index (Phi) is 1.56. The molecule has 13 heavy (non-hydrogen) atoms. The molecule has 68 valence electrons. The SMILES string of the molecule is O=S1N[C@@H]2c3ccccc3C[C@@H]2O1. The third-order valence-electron chi connectivity index (χ3n) is 2.62. The van der Waals surface area contributed by atoms with Crippen LogP contribution in [0.15, 0.2) is 24.3 Å². The Hall–Kier alpha value is -0.710. The second-order valence-electron chi connectivity index (χ2n) is 3.37. The smallest absolute Gasteiger partial charge is 0.235 e. The summed E-state index contributed by atoms with van der Waals surface area (Å²) in [5.74, 6) is 0. The van der Waals surface area contributed by atoms with Crippen LogP contribution in [-0.4, -0.2) is 10.3 Å². The largest absolute Gasteiger partial charge is 0.272 e. The quantitative estimate of drug-likeness (QED) is 0.666. The first-order valence-electron chi connectivity index (χ1n) is 4.27. The zero-order valence-corrected chi connectivity index (χ0v) is 7.71. The van der Waals surface area contributed by atoms with Crippen molar-refractivity contribution in [3.63, 3.8) is 0 Å². The molecule has 1 heterocycles. The number of hydrogen-bond acceptors (Lipinski definition) is 2. The van der Waals surface area contributed by atoms with Crippen LogP contribution in [-0.2, 0) is 21.9 Å². The Morgan fingerprint density at radius 3 is 3.23 bits per heavy atom. The lowest BCUT2D eigenvalue weighted by atomic mass is 10.1. The Bertz CT molecular complexity index is 380. The molecule has 0 radical (unpaired) electrons. The van der Waals surface area contributed by atoms with Gasteiger partial charge in [0.15, 0.2) is 0 Å². The van der Waals surface area contributed by atoms with Crippen molar-refractivity contribution in [2.45, 2.75) is 18.6 Å². The average molecular weight is 195 g/mol. The normalized spacial score (nSPS) is 35.8. The molecule has 0 amide bonds. The van der Waals surface area contributed by atoms with Crippen LogP contribution in [0.1, 0.15) is 17.2 Å². The Morgan fingerprint density at radius 1 is 1.46 bits per heavy atom. The summed E-state index contributed by atoms with van der Waals surface area (Å²) in [6.45, 7) is 0. The van der Waals surface area contributed by atoms with Crippen LogP contribution in [0.4, 0.5) is 0 Å². The fourth-order valence-corrected chi connectivity index (χ4v) is 2.98. The van der Waals surface area contributed by atoms with E-state index in [1.54, 1.807) is 0 Å². The standard InChI is InChI=1S/C9H9NO2S/c11-13-10-9-7-4-2-1-3-6(7)5-8(9)12-13/h1-4,8-10H,5H2/t8-,9+,13?/m0/s1. The van der Waals surface area contributed by atoms with E-state index in [1.807, 2.05) is 12.1 Å². The molecule has 3 atom stereocenters. The Morgan fingerprint density at radius 2 is 2.31 bits per heavy atom. The van der Waals surface area contributed by atoms with Gasteiger partial charge in [-0.2, -0.15) is 0 Å². The molecule has 3 rings (SSSR count). The first-order chi connectivity index (χ1) is 6.34. The van der Waals surface area contributed by atoms with Crippen LogP contribution in [0.25, 0.3) is 0 Å². The van der Waals surface area contributed by atoms with Crippen molar-refractivity contribution in [3.05, 3.63) is 35.4 Å². The minimum absolute atomic E-state index is 0.0678. The maximum Gasteiger partial charge on any atom is 0.235 e. The molecule has 0 spiro atoms. The topological polar surface area (TPSA) is 38.3 Å². The van der Waals surface area contributed by atoms with E-state index in [1.165, 1.54) is 11.1 Å². The molecular weight excluding hydrogens is 186 g/mol. The fraction of sp³-hybridized carbons (Fsp3) is 0.333. The van der Waals surface area contributed by atoms with E-state index in [0.717, 1.165) is 6.42 Å². The highest BCUT2D eigenvalue weighted by Gasteiger charge is 2.40. The second kappa shape index (κ2) is 2.64. The number of benzene rings is 1. The van der Waals surface area contributed by atoms with Gasteiger partial charge in [0.05, 0.1) is 6.04 Å². The van der Waals surface area contributed by atoms with Gasteiger partial charge in [0.1, 0.15) is 6.10 Å². The van der Waals surface area contributed by atoms with E-state index in [-0.39, 0.29) is 12.1 Å². The predicted octanol–water partition coefficient (Wildman–Crippen LogP) is 0.851. The molecule has 0 saturated carbocycles. The zero-order valence-electron chi connectivity index (χ0n) is 6.90. The van der Waals surface area contributed by atoms with Crippen LogP contribution < -0.4 is 4.72 Å². The van der Waals surface area contributed by atoms with Gasteiger partial charge >= 0.3 is 0 Å². The van der Waals surface area contributed by atoms with Crippen LogP contribution >= 0.6 is 0 Å². The highest BCUT2D eigenvalue weighted by molar-refractivity contribution is 7.78. The summed E-state index contributed by atoms with van der Waals surface area (Å²) in [6.07, 6.45) is 0.942. The molecule has 1 unspecified atom stereocenters. The molecule has 2 aliphatic rings. The molecule has 1 aliphatic heterocycles. The molecule has 1 fully saturated rings. The zero-order chi connectivity index (χ0) is 8.84. The average Bonchev–Trinajstić information content (AvgIpc) is 2.60. The van der Waals surface area contributed by atoms with Crippen LogP contribution in [0.2, 0.25) is 0 Å². The first kappa shape index (κ1) is 7.67. The van der Waals surface area contributed by atoms with E-state index in [9.17, 15) is 4.21 Å². The maximum absolute atomic E-state index is 11.0. The lowest BCUT2D eigenvalue weighted by Gasteiger charge is -2.04. The van der Waals surface area contributed by atoms with E-state index in [4.69, 9.17) is 4.18 Å². The number of nitrogens with one attached hydrogen (secondary N) is 1. The van der Waals surface area contributed by atoms with Crippen LogP contribution in [0.5, 0.6) is 0 Å². The van der Waals surface area contributed by atoms with Gasteiger partial charge in [-0.1, -0.05) is 24.3 Å². The molecule has 1 aliphatic carbocycles. The maximum atomic E-state index is 11.0. The van der Waals surface area contributed by atoms with Gasteiger partial charge < -0.3 is 0 Å². The van der Waals surface area contributed by atoms with Crippen molar-refractivity contribution in [2.24, 2.45) is 0 Å². The molecule has 0 bridgehead atoms. The van der Waals surface area contributed by atoms with Crippen molar-refractivity contribution in [3.8, 4) is 0 Å². The van der Waals surface area contributed by atoms with Crippen molar-refractivity contribution < 1.29 is 8.39 Å². The third kappa shape index (κ3) is 1.06. The van der Waals surface area contributed by atoms with E-state index in [2.05, 4.69) is 16.9 Å². The minimum atomic E-state index is -1.29. The van der Waals surface area contributed by atoms with Crippen molar-refractivity contribution in [1.29, 1.82) is 0 Å². The molecule has 1 N–H and O–H groups in total. The summed E-state index contributed by atoms with van der Waals surface area (Å²) >= 11 is -1.29. The lowest BCUT2D eigenvalue weighted by Crippen LogP contribution is -2.16. The van der Waals surface area contributed by atoms with Gasteiger partial charge in [-0.3, -0.25) is 4.18 Å². The van der Waals surface area contributed by atoms with Crippen molar-refractivity contribution in [2.75, 3.05) is 0 Å². The minimum Gasteiger partial charge on any atom is -0.272 e.